The maximum atomic E-state index is 14.1. The Bertz CT molecular complexity index is 644. The monoisotopic (exact) mass is 292 g/mol. The Morgan fingerprint density at radius 2 is 1.95 bits per heavy atom. The van der Waals surface area contributed by atoms with E-state index in [1.807, 2.05) is 20.8 Å². The molecule has 0 radical (unpaired) electrons. The Morgan fingerprint density at radius 1 is 1.29 bits per heavy atom. The molecule has 1 N–H and O–H groups in total. The van der Waals surface area contributed by atoms with E-state index in [-0.39, 0.29) is 11.0 Å². The van der Waals surface area contributed by atoms with Crippen molar-refractivity contribution in [2.75, 3.05) is 7.11 Å². The molecule has 0 aliphatic heterocycles. The number of methoxy groups -OCH3 is 1. The third kappa shape index (κ3) is 3.08. The fourth-order valence-corrected chi connectivity index (χ4v) is 2.31. The van der Waals surface area contributed by atoms with Crippen LogP contribution in [0.2, 0.25) is 0 Å². The van der Waals surface area contributed by atoms with Crippen molar-refractivity contribution in [1.82, 2.24) is 9.78 Å². The molecule has 4 nitrogen and oxygen atoms in total. The lowest BCUT2D eigenvalue weighted by molar-refractivity contribution is 0.212. The van der Waals surface area contributed by atoms with Gasteiger partial charge in [-0.2, -0.15) is 5.10 Å². The average Bonchev–Trinajstić information content (AvgIpc) is 2.80. The van der Waals surface area contributed by atoms with Gasteiger partial charge in [0, 0.05) is 35.9 Å². The van der Waals surface area contributed by atoms with Gasteiger partial charge in [0.1, 0.15) is 17.7 Å². The van der Waals surface area contributed by atoms with E-state index in [1.54, 1.807) is 24.0 Å². The van der Waals surface area contributed by atoms with Gasteiger partial charge in [-0.25, -0.2) is 4.39 Å². The molecule has 0 aliphatic rings. The number of rotatable bonds is 3. The minimum atomic E-state index is -1.06. The first kappa shape index (κ1) is 15.5. The molecular weight excluding hydrogens is 271 g/mol. The van der Waals surface area contributed by atoms with Gasteiger partial charge in [0.2, 0.25) is 0 Å². The van der Waals surface area contributed by atoms with Gasteiger partial charge in [-0.05, 0) is 12.1 Å². The fraction of sp³-hybridized carbons (Fsp3) is 0.438. The number of halogens is 1. The van der Waals surface area contributed by atoms with Crippen LogP contribution in [-0.2, 0) is 12.5 Å². The Morgan fingerprint density at radius 3 is 2.48 bits per heavy atom. The third-order valence-corrected chi connectivity index (χ3v) is 3.36. The van der Waals surface area contributed by atoms with E-state index < -0.39 is 11.9 Å². The summed E-state index contributed by atoms with van der Waals surface area (Å²) in [5.74, 6) is -0.0729. The van der Waals surface area contributed by atoms with Crippen molar-refractivity contribution >= 4 is 0 Å². The first-order valence-corrected chi connectivity index (χ1v) is 6.79. The Balaban J connectivity index is 2.48. The highest BCUT2D eigenvalue weighted by Gasteiger charge is 2.27. The predicted octanol–water partition coefficient (Wildman–Crippen LogP) is 2.95. The molecule has 1 unspecified atom stereocenters. The zero-order valence-corrected chi connectivity index (χ0v) is 13.0. The van der Waals surface area contributed by atoms with E-state index in [9.17, 15) is 9.50 Å². The maximum Gasteiger partial charge on any atom is 0.133 e. The van der Waals surface area contributed by atoms with Crippen LogP contribution in [0.25, 0.3) is 0 Å². The molecule has 0 saturated carbocycles. The number of benzene rings is 1. The van der Waals surface area contributed by atoms with Crippen LogP contribution in [0.4, 0.5) is 4.39 Å². The number of aromatic nitrogens is 2. The van der Waals surface area contributed by atoms with E-state index >= 15 is 0 Å². The molecule has 0 aliphatic carbocycles. The second-order valence-corrected chi connectivity index (χ2v) is 6.15. The van der Waals surface area contributed by atoms with Gasteiger partial charge >= 0.3 is 0 Å². The first-order valence-electron chi connectivity index (χ1n) is 6.79. The van der Waals surface area contributed by atoms with Gasteiger partial charge in [0.25, 0.3) is 0 Å². The summed E-state index contributed by atoms with van der Waals surface area (Å²) in [6.07, 6.45) is 0.674. The third-order valence-electron chi connectivity index (χ3n) is 3.36. The number of hydrogen-bond donors (Lipinski definition) is 1. The number of hydrogen-bond acceptors (Lipinski definition) is 3. The molecule has 114 valence electrons. The van der Waals surface area contributed by atoms with Gasteiger partial charge in [0.15, 0.2) is 0 Å². The van der Waals surface area contributed by atoms with Gasteiger partial charge < -0.3 is 9.84 Å². The SMILES string of the molecule is COc1ccc(C(O)c2cn(C)nc2C(C)(C)C)c(F)c1. The van der Waals surface area contributed by atoms with Crippen LogP contribution in [0.5, 0.6) is 5.75 Å². The molecular formula is C16H21FN2O2. The molecule has 2 aromatic rings. The highest BCUT2D eigenvalue weighted by atomic mass is 19.1. The lowest BCUT2D eigenvalue weighted by Gasteiger charge is -2.20. The summed E-state index contributed by atoms with van der Waals surface area (Å²) >= 11 is 0. The topological polar surface area (TPSA) is 47.3 Å². The van der Waals surface area contributed by atoms with E-state index in [2.05, 4.69) is 5.10 Å². The summed E-state index contributed by atoms with van der Waals surface area (Å²) in [7, 11) is 3.26. The molecule has 1 heterocycles. The smallest absolute Gasteiger partial charge is 0.133 e. The summed E-state index contributed by atoms with van der Waals surface area (Å²) in [4.78, 5) is 0. The van der Waals surface area contributed by atoms with Gasteiger partial charge in [-0.3, -0.25) is 4.68 Å². The van der Waals surface area contributed by atoms with Gasteiger partial charge in [-0.15, -0.1) is 0 Å². The number of aliphatic hydroxyl groups is 1. The number of nitrogens with zero attached hydrogens (tertiary/aromatic N) is 2. The van der Waals surface area contributed by atoms with Crippen LogP contribution in [0.1, 0.15) is 43.7 Å². The maximum absolute atomic E-state index is 14.1. The van der Waals surface area contributed by atoms with Crippen molar-refractivity contribution in [3.63, 3.8) is 0 Å². The minimum absolute atomic E-state index is 0.217. The van der Waals surface area contributed by atoms with Crippen LogP contribution in [0.3, 0.4) is 0 Å². The quantitative estimate of drug-likeness (QED) is 0.946. The molecule has 5 heteroatoms. The Hall–Kier alpha value is -1.88. The van der Waals surface area contributed by atoms with Crippen molar-refractivity contribution in [3.05, 3.63) is 47.0 Å². The lowest BCUT2D eigenvalue weighted by Crippen LogP contribution is -2.17. The standard InChI is InChI=1S/C16H21FN2O2/c1-16(2,3)15-12(9-19(4)18-15)14(20)11-7-6-10(21-5)8-13(11)17/h6-9,14,20H,1-5H3. The lowest BCUT2D eigenvalue weighted by atomic mass is 9.87. The van der Waals surface area contributed by atoms with Crippen molar-refractivity contribution in [1.29, 1.82) is 0 Å². The van der Waals surface area contributed by atoms with Crippen LogP contribution in [0, 0.1) is 5.82 Å². The number of aliphatic hydroxyl groups excluding tert-OH is 1. The molecule has 0 bridgehead atoms. The summed E-state index contributed by atoms with van der Waals surface area (Å²) in [5.41, 5.74) is 1.36. The summed E-state index contributed by atoms with van der Waals surface area (Å²) in [5, 5.41) is 15.0. The van der Waals surface area contributed by atoms with Gasteiger partial charge in [0.05, 0.1) is 12.8 Å². The summed E-state index contributed by atoms with van der Waals surface area (Å²) in [6, 6.07) is 4.44. The second kappa shape index (κ2) is 5.48. The average molecular weight is 292 g/mol. The minimum Gasteiger partial charge on any atom is -0.497 e. The Labute approximate surface area is 124 Å². The highest BCUT2D eigenvalue weighted by molar-refractivity contribution is 5.37. The van der Waals surface area contributed by atoms with E-state index in [4.69, 9.17) is 4.74 Å². The zero-order chi connectivity index (χ0) is 15.8. The van der Waals surface area contributed by atoms with Crippen molar-refractivity contribution in [2.45, 2.75) is 32.3 Å². The van der Waals surface area contributed by atoms with Crippen LogP contribution < -0.4 is 4.74 Å². The normalized spacial score (nSPS) is 13.3. The molecule has 0 amide bonds. The molecule has 2 rings (SSSR count). The molecule has 1 atom stereocenters. The first-order chi connectivity index (χ1) is 9.74. The van der Waals surface area contributed by atoms with Crippen molar-refractivity contribution < 1.29 is 14.2 Å². The highest BCUT2D eigenvalue weighted by Crippen LogP contribution is 2.33. The van der Waals surface area contributed by atoms with Crippen LogP contribution in [0.15, 0.2) is 24.4 Å². The summed E-state index contributed by atoms with van der Waals surface area (Å²) < 4.78 is 20.8. The zero-order valence-electron chi connectivity index (χ0n) is 13.0. The van der Waals surface area contributed by atoms with Crippen molar-refractivity contribution in [3.8, 4) is 5.75 Å². The number of ether oxygens (including phenoxy) is 1. The number of aryl methyl sites for hydroxylation is 1. The molecule has 1 aromatic heterocycles. The van der Waals surface area contributed by atoms with E-state index in [0.29, 0.717) is 11.3 Å². The largest absolute Gasteiger partial charge is 0.497 e. The Kier molecular flexibility index (Phi) is 4.05. The molecule has 21 heavy (non-hydrogen) atoms. The molecule has 0 saturated heterocycles. The molecule has 0 spiro atoms. The summed E-state index contributed by atoms with van der Waals surface area (Å²) in [6.45, 7) is 6.03. The van der Waals surface area contributed by atoms with Crippen LogP contribution >= 0.6 is 0 Å². The van der Waals surface area contributed by atoms with Crippen molar-refractivity contribution in [2.24, 2.45) is 7.05 Å². The molecule has 1 aromatic carbocycles. The van der Waals surface area contributed by atoms with Gasteiger partial charge in [-0.1, -0.05) is 20.8 Å². The predicted molar refractivity (Wildman–Crippen MR) is 78.9 cm³/mol. The fourth-order valence-electron chi connectivity index (χ4n) is 2.31. The second-order valence-electron chi connectivity index (χ2n) is 6.15. The van der Waals surface area contributed by atoms with E-state index in [0.717, 1.165) is 5.69 Å². The van der Waals surface area contributed by atoms with Crippen LogP contribution in [-0.4, -0.2) is 22.0 Å². The molecule has 0 fully saturated rings. The van der Waals surface area contributed by atoms with E-state index in [1.165, 1.54) is 19.2 Å².